The SMILES string of the molecule is Cc1ccc(NC(=O)C2CCN(C(=O)C3CCn4cncc4C3)CC2)nc1. The van der Waals surface area contributed by atoms with Crippen LogP contribution in [0, 0.1) is 18.8 Å². The number of pyridine rings is 1. The van der Waals surface area contributed by atoms with E-state index in [1.807, 2.05) is 36.5 Å². The summed E-state index contributed by atoms with van der Waals surface area (Å²) in [5.41, 5.74) is 2.20. The first-order chi connectivity index (χ1) is 13.1. The van der Waals surface area contributed by atoms with Crippen molar-refractivity contribution in [1.82, 2.24) is 19.4 Å². The van der Waals surface area contributed by atoms with Crippen LogP contribution in [-0.2, 0) is 22.6 Å². The standard InChI is InChI=1S/C20H25N5O2/c1-14-2-3-18(22-11-14)23-19(26)15-4-7-24(8-5-15)20(27)16-6-9-25-13-21-12-17(25)10-16/h2-3,11-13,15-16H,4-10H2,1H3,(H,22,23,26). The zero-order chi connectivity index (χ0) is 18.8. The van der Waals surface area contributed by atoms with E-state index in [1.165, 1.54) is 0 Å². The smallest absolute Gasteiger partial charge is 0.228 e. The third-order valence-corrected chi connectivity index (χ3v) is 5.66. The summed E-state index contributed by atoms with van der Waals surface area (Å²) in [6.45, 7) is 4.11. The van der Waals surface area contributed by atoms with E-state index >= 15 is 0 Å². The fourth-order valence-electron chi connectivity index (χ4n) is 3.97. The number of piperidine rings is 1. The molecule has 1 unspecified atom stereocenters. The van der Waals surface area contributed by atoms with Crippen LogP contribution in [-0.4, -0.2) is 44.3 Å². The first kappa shape index (κ1) is 17.7. The Labute approximate surface area is 158 Å². The van der Waals surface area contributed by atoms with Crippen molar-refractivity contribution < 1.29 is 9.59 Å². The highest BCUT2D eigenvalue weighted by Gasteiger charge is 2.32. The summed E-state index contributed by atoms with van der Waals surface area (Å²) in [6, 6.07) is 3.75. The molecular formula is C20H25N5O2. The number of aromatic nitrogens is 3. The number of likely N-dealkylation sites (tertiary alicyclic amines) is 1. The lowest BCUT2D eigenvalue weighted by Crippen LogP contribution is -2.45. The van der Waals surface area contributed by atoms with E-state index in [-0.39, 0.29) is 23.7 Å². The number of anilines is 1. The quantitative estimate of drug-likeness (QED) is 0.900. The molecule has 7 nitrogen and oxygen atoms in total. The van der Waals surface area contributed by atoms with Gasteiger partial charge in [0.2, 0.25) is 11.8 Å². The van der Waals surface area contributed by atoms with Gasteiger partial charge < -0.3 is 14.8 Å². The molecule has 0 aromatic carbocycles. The zero-order valence-corrected chi connectivity index (χ0v) is 15.6. The molecule has 0 saturated carbocycles. The molecule has 2 amide bonds. The Kier molecular flexibility index (Phi) is 4.92. The second-order valence-electron chi connectivity index (χ2n) is 7.58. The fourth-order valence-corrected chi connectivity index (χ4v) is 3.97. The monoisotopic (exact) mass is 367 g/mol. The van der Waals surface area contributed by atoms with E-state index in [9.17, 15) is 9.59 Å². The number of hydrogen-bond donors (Lipinski definition) is 1. The predicted octanol–water partition coefficient (Wildman–Crippen LogP) is 2.03. The van der Waals surface area contributed by atoms with Crippen LogP contribution >= 0.6 is 0 Å². The van der Waals surface area contributed by atoms with Crippen LogP contribution in [0.15, 0.2) is 30.9 Å². The van der Waals surface area contributed by atoms with Crippen molar-refractivity contribution in [3.8, 4) is 0 Å². The molecule has 2 aromatic rings. The molecule has 7 heteroatoms. The highest BCUT2D eigenvalue weighted by Crippen LogP contribution is 2.25. The Balaban J connectivity index is 1.29. The Morgan fingerprint density at radius 3 is 2.59 bits per heavy atom. The second-order valence-corrected chi connectivity index (χ2v) is 7.58. The van der Waals surface area contributed by atoms with Crippen LogP contribution in [0.5, 0.6) is 0 Å². The molecule has 27 heavy (non-hydrogen) atoms. The molecule has 2 aromatic heterocycles. The van der Waals surface area contributed by atoms with Crippen molar-refractivity contribution in [3.63, 3.8) is 0 Å². The topological polar surface area (TPSA) is 80.1 Å². The normalized spacial score (nSPS) is 20.2. The molecule has 2 aliphatic rings. The number of rotatable bonds is 3. The number of hydrogen-bond acceptors (Lipinski definition) is 4. The molecule has 1 saturated heterocycles. The molecule has 1 N–H and O–H groups in total. The number of carbonyl (C=O) groups is 2. The molecule has 1 fully saturated rings. The summed E-state index contributed by atoms with van der Waals surface area (Å²) >= 11 is 0. The van der Waals surface area contributed by atoms with E-state index in [1.54, 1.807) is 6.20 Å². The number of nitrogens with one attached hydrogen (secondary N) is 1. The van der Waals surface area contributed by atoms with Crippen molar-refractivity contribution in [2.75, 3.05) is 18.4 Å². The summed E-state index contributed by atoms with van der Waals surface area (Å²) < 4.78 is 2.12. The minimum atomic E-state index is -0.0649. The largest absolute Gasteiger partial charge is 0.342 e. The maximum Gasteiger partial charge on any atom is 0.228 e. The molecule has 0 bridgehead atoms. The van der Waals surface area contributed by atoms with Crippen LogP contribution in [0.2, 0.25) is 0 Å². The Bertz CT molecular complexity index is 821. The summed E-state index contributed by atoms with van der Waals surface area (Å²) in [5.74, 6) is 0.783. The summed E-state index contributed by atoms with van der Waals surface area (Å²) in [7, 11) is 0. The number of amides is 2. The third kappa shape index (κ3) is 3.86. The number of imidazole rings is 1. The molecule has 0 aliphatic carbocycles. The molecule has 1 atom stereocenters. The Morgan fingerprint density at radius 1 is 1.07 bits per heavy atom. The van der Waals surface area contributed by atoms with Gasteiger partial charge in [-0.3, -0.25) is 9.59 Å². The van der Waals surface area contributed by atoms with Gasteiger partial charge in [-0.15, -0.1) is 0 Å². The van der Waals surface area contributed by atoms with Crippen molar-refractivity contribution in [2.45, 2.75) is 39.2 Å². The predicted molar refractivity (Wildman–Crippen MR) is 101 cm³/mol. The summed E-state index contributed by atoms with van der Waals surface area (Å²) in [6.07, 6.45) is 8.47. The summed E-state index contributed by atoms with van der Waals surface area (Å²) in [4.78, 5) is 35.7. The lowest BCUT2D eigenvalue weighted by molar-refractivity contribution is -0.139. The van der Waals surface area contributed by atoms with E-state index in [2.05, 4.69) is 19.9 Å². The van der Waals surface area contributed by atoms with E-state index in [4.69, 9.17) is 0 Å². The molecular weight excluding hydrogens is 342 g/mol. The van der Waals surface area contributed by atoms with Gasteiger partial charge in [0.1, 0.15) is 5.82 Å². The van der Waals surface area contributed by atoms with Gasteiger partial charge >= 0.3 is 0 Å². The maximum atomic E-state index is 12.9. The van der Waals surface area contributed by atoms with Crippen molar-refractivity contribution in [1.29, 1.82) is 0 Å². The fraction of sp³-hybridized carbons (Fsp3) is 0.500. The van der Waals surface area contributed by atoms with Gasteiger partial charge in [0.15, 0.2) is 0 Å². The molecule has 0 radical (unpaired) electrons. The molecule has 4 heterocycles. The van der Waals surface area contributed by atoms with E-state index in [0.29, 0.717) is 31.7 Å². The number of carbonyl (C=O) groups excluding carboxylic acids is 2. The second kappa shape index (κ2) is 7.50. The number of fused-ring (bicyclic) bond motifs is 1. The zero-order valence-electron chi connectivity index (χ0n) is 15.6. The van der Waals surface area contributed by atoms with Crippen molar-refractivity contribution >= 4 is 17.6 Å². The first-order valence-corrected chi connectivity index (χ1v) is 9.61. The number of aryl methyl sites for hydroxylation is 2. The van der Waals surface area contributed by atoms with Gasteiger partial charge in [0.05, 0.1) is 6.33 Å². The van der Waals surface area contributed by atoms with Gasteiger partial charge in [-0.2, -0.15) is 0 Å². The minimum Gasteiger partial charge on any atom is -0.342 e. The van der Waals surface area contributed by atoms with Crippen LogP contribution in [0.3, 0.4) is 0 Å². The van der Waals surface area contributed by atoms with Gasteiger partial charge in [0.25, 0.3) is 0 Å². The van der Waals surface area contributed by atoms with Gasteiger partial charge in [-0.1, -0.05) is 6.07 Å². The van der Waals surface area contributed by atoms with Crippen LogP contribution < -0.4 is 5.32 Å². The van der Waals surface area contributed by atoms with Crippen LogP contribution in [0.4, 0.5) is 5.82 Å². The highest BCUT2D eigenvalue weighted by molar-refractivity contribution is 5.92. The van der Waals surface area contributed by atoms with E-state index in [0.717, 1.165) is 30.6 Å². The molecule has 0 spiro atoms. The third-order valence-electron chi connectivity index (χ3n) is 5.66. The van der Waals surface area contributed by atoms with E-state index < -0.39 is 0 Å². The average molecular weight is 367 g/mol. The Hall–Kier alpha value is -2.70. The lowest BCUT2D eigenvalue weighted by atomic mass is 9.91. The number of nitrogens with zero attached hydrogens (tertiary/aromatic N) is 4. The maximum absolute atomic E-state index is 12.9. The summed E-state index contributed by atoms with van der Waals surface area (Å²) in [5, 5.41) is 2.89. The van der Waals surface area contributed by atoms with Gasteiger partial charge in [-0.05, 0) is 37.8 Å². The van der Waals surface area contributed by atoms with Crippen LogP contribution in [0.25, 0.3) is 0 Å². The first-order valence-electron chi connectivity index (χ1n) is 9.61. The molecule has 142 valence electrons. The van der Waals surface area contributed by atoms with Crippen LogP contribution in [0.1, 0.15) is 30.5 Å². The lowest BCUT2D eigenvalue weighted by Gasteiger charge is -2.34. The molecule has 2 aliphatic heterocycles. The molecule has 4 rings (SSSR count). The highest BCUT2D eigenvalue weighted by atomic mass is 16.2. The van der Waals surface area contributed by atoms with Crippen molar-refractivity contribution in [2.24, 2.45) is 11.8 Å². The van der Waals surface area contributed by atoms with Gasteiger partial charge in [0, 0.05) is 56.0 Å². The van der Waals surface area contributed by atoms with Gasteiger partial charge in [-0.25, -0.2) is 9.97 Å². The average Bonchev–Trinajstić information content (AvgIpc) is 3.17. The van der Waals surface area contributed by atoms with Crippen molar-refractivity contribution in [3.05, 3.63) is 42.1 Å². The minimum absolute atomic E-state index is 0.0000187. The Morgan fingerprint density at radius 2 is 1.85 bits per heavy atom.